The van der Waals surface area contributed by atoms with Crippen LogP contribution in [0.4, 0.5) is 10.8 Å². The summed E-state index contributed by atoms with van der Waals surface area (Å²) in [5.74, 6) is 0.0418. The summed E-state index contributed by atoms with van der Waals surface area (Å²) in [4.78, 5) is 28.8. The number of hydrogen-bond acceptors (Lipinski definition) is 6. The van der Waals surface area contributed by atoms with Crippen LogP contribution in [0.5, 0.6) is 0 Å². The number of thiazole rings is 1. The normalized spacial score (nSPS) is 10.9. The number of hydrogen-bond donors (Lipinski definition) is 3. The first-order valence-corrected chi connectivity index (χ1v) is 9.00. The second kappa shape index (κ2) is 7.04. The van der Waals surface area contributed by atoms with Crippen molar-refractivity contribution in [2.24, 2.45) is 0 Å². The number of benzene rings is 1. The Balaban J connectivity index is 1.40. The highest BCUT2D eigenvalue weighted by Gasteiger charge is 2.15. The number of H-pyrrole nitrogens is 1. The highest BCUT2D eigenvalue weighted by atomic mass is 32.1. The maximum absolute atomic E-state index is 12.3. The Bertz CT molecular complexity index is 1130. The van der Waals surface area contributed by atoms with Gasteiger partial charge in [0.1, 0.15) is 5.76 Å². The van der Waals surface area contributed by atoms with E-state index in [1.54, 1.807) is 30.6 Å². The first kappa shape index (κ1) is 17.0. The quantitative estimate of drug-likeness (QED) is 0.491. The number of carbonyl (C=O) groups excluding carboxylic acids is 2. The molecule has 3 N–H and O–H groups in total. The average Bonchev–Trinajstić information content (AvgIpc) is 3.36. The van der Waals surface area contributed by atoms with Crippen LogP contribution < -0.4 is 10.6 Å². The van der Waals surface area contributed by atoms with E-state index in [9.17, 15) is 9.59 Å². The summed E-state index contributed by atoms with van der Waals surface area (Å²) in [5, 5.41) is 15.5. The highest BCUT2D eigenvalue weighted by molar-refractivity contribution is 7.14. The number of nitrogens with one attached hydrogen (secondary N) is 3. The maximum Gasteiger partial charge on any atom is 0.260 e. The number of amides is 2. The molecule has 0 saturated heterocycles. The lowest BCUT2D eigenvalue weighted by molar-refractivity contribution is -0.115. The molecule has 136 valence electrons. The Kier molecular flexibility index (Phi) is 4.43. The van der Waals surface area contributed by atoms with Gasteiger partial charge < -0.3 is 9.73 Å². The SMILES string of the molecule is Cc1occc1C(=O)Nc1nc(CC(=O)Nc2cccc3cn[nH]c23)cs1. The van der Waals surface area contributed by atoms with Crippen LogP contribution >= 0.6 is 11.3 Å². The Morgan fingerprint density at radius 1 is 1.26 bits per heavy atom. The number of anilines is 2. The molecule has 3 heterocycles. The van der Waals surface area contributed by atoms with Crippen molar-refractivity contribution < 1.29 is 14.0 Å². The predicted octanol–water partition coefficient (Wildman–Crippen LogP) is 3.35. The minimum atomic E-state index is -0.294. The third-order valence-corrected chi connectivity index (χ3v) is 4.77. The molecule has 8 nitrogen and oxygen atoms in total. The van der Waals surface area contributed by atoms with Crippen molar-refractivity contribution in [2.75, 3.05) is 10.6 Å². The molecule has 0 saturated carbocycles. The van der Waals surface area contributed by atoms with Crippen LogP contribution in [0.3, 0.4) is 0 Å². The molecule has 0 aliphatic heterocycles. The van der Waals surface area contributed by atoms with Crippen molar-refractivity contribution in [1.29, 1.82) is 0 Å². The van der Waals surface area contributed by atoms with Crippen LogP contribution in [0.15, 0.2) is 46.5 Å². The Labute approximate surface area is 157 Å². The second-order valence-electron chi connectivity index (χ2n) is 5.85. The van der Waals surface area contributed by atoms with Gasteiger partial charge in [0, 0.05) is 10.8 Å². The van der Waals surface area contributed by atoms with Crippen LogP contribution in [0.2, 0.25) is 0 Å². The van der Waals surface area contributed by atoms with Gasteiger partial charge >= 0.3 is 0 Å². The van der Waals surface area contributed by atoms with E-state index in [1.807, 2.05) is 12.1 Å². The molecule has 0 atom stereocenters. The lowest BCUT2D eigenvalue weighted by Gasteiger charge is -2.05. The van der Waals surface area contributed by atoms with Gasteiger partial charge in [-0.3, -0.25) is 20.0 Å². The maximum atomic E-state index is 12.3. The zero-order chi connectivity index (χ0) is 18.8. The number of aromatic amines is 1. The van der Waals surface area contributed by atoms with Crippen molar-refractivity contribution in [2.45, 2.75) is 13.3 Å². The first-order chi connectivity index (χ1) is 13.1. The summed E-state index contributed by atoms with van der Waals surface area (Å²) in [5.41, 5.74) is 2.47. The third kappa shape index (κ3) is 3.58. The molecule has 3 aromatic heterocycles. The van der Waals surface area contributed by atoms with Crippen molar-refractivity contribution >= 4 is 44.9 Å². The lowest BCUT2D eigenvalue weighted by Crippen LogP contribution is -2.15. The first-order valence-electron chi connectivity index (χ1n) is 8.12. The highest BCUT2D eigenvalue weighted by Crippen LogP contribution is 2.22. The molecule has 0 bridgehead atoms. The van der Waals surface area contributed by atoms with E-state index >= 15 is 0 Å². The van der Waals surface area contributed by atoms with Gasteiger partial charge in [0.25, 0.3) is 5.91 Å². The molecule has 0 unspecified atom stereocenters. The molecule has 4 rings (SSSR count). The molecule has 0 fully saturated rings. The minimum Gasteiger partial charge on any atom is -0.469 e. The number of furan rings is 1. The molecule has 9 heteroatoms. The van der Waals surface area contributed by atoms with Gasteiger partial charge in [-0.2, -0.15) is 5.10 Å². The fourth-order valence-electron chi connectivity index (χ4n) is 2.66. The summed E-state index contributed by atoms with van der Waals surface area (Å²) in [6.45, 7) is 1.72. The second-order valence-corrected chi connectivity index (χ2v) is 6.71. The van der Waals surface area contributed by atoms with E-state index in [4.69, 9.17) is 4.42 Å². The number of aromatic nitrogens is 3. The van der Waals surface area contributed by atoms with E-state index in [0.29, 0.717) is 27.8 Å². The van der Waals surface area contributed by atoms with E-state index < -0.39 is 0 Å². The van der Waals surface area contributed by atoms with Gasteiger partial charge in [0.2, 0.25) is 5.91 Å². The molecule has 0 spiro atoms. The fourth-order valence-corrected chi connectivity index (χ4v) is 3.37. The summed E-state index contributed by atoms with van der Waals surface area (Å²) in [6, 6.07) is 7.16. The molecular weight excluding hydrogens is 366 g/mol. The molecule has 4 aromatic rings. The zero-order valence-electron chi connectivity index (χ0n) is 14.3. The van der Waals surface area contributed by atoms with E-state index in [1.165, 1.54) is 17.6 Å². The number of carbonyl (C=O) groups is 2. The Morgan fingerprint density at radius 3 is 2.96 bits per heavy atom. The average molecular weight is 381 g/mol. The number of para-hydroxylation sites is 1. The molecule has 0 radical (unpaired) electrons. The van der Waals surface area contributed by atoms with Crippen molar-refractivity contribution in [1.82, 2.24) is 15.2 Å². The Morgan fingerprint density at radius 2 is 2.15 bits per heavy atom. The summed E-state index contributed by atoms with van der Waals surface area (Å²) >= 11 is 1.26. The minimum absolute atomic E-state index is 0.0988. The Hall–Kier alpha value is -3.46. The summed E-state index contributed by atoms with van der Waals surface area (Å²) < 4.78 is 5.12. The number of aryl methyl sites for hydroxylation is 1. The van der Waals surface area contributed by atoms with Gasteiger partial charge in [-0.05, 0) is 19.1 Å². The largest absolute Gasteiger partial charge is 0.469 e. The van der Waals surface area contributed by atoms with Crippen LogP contribution in [0.25, 0.3) is 10.9 Å². The van der Waals surface area contributed by atoms with Gasteiger partial charge in [-0.25, -0.2) is 4.98 Å². The molecule has 2 amide bonds. The van der Waals surface area contributed by atoms with E-state index in [-0.39, 0.29) is 18.2 Å². The predicted molar refractivity (Wildman–Crippen MR) is 102 cm³/mol. The summed E-state index contributed by atoms with van der Waals surface area (Å²) in [7, 11) is 0. The number of rotatable bonds is 5. The smallest absolute Gasteiger partial charge is 0.260 e. The standard InChI is InChI=1S/C18H15N5O3S/c1-10-13(5-6-26-10)17(25)22-18-20-12(9-27-18)7-15(24)21-14-4-2-3-11-8-19-23-16(11)14/h2-6,8-9H,7H2,1H3,(H,19,23)(H,21,24)(H,20,22,25). The summed E-state index contributed by atoms with van der Waals surface area (Å²) in [6.07, 6.45) is 3.26. The number of fused-ring (bicyclic) bond motifs is 1. The van der Waals surface area contributed by atoms with Crippen LogP contribution in [-0.2, 0) is 11.2 Å². The third-order valence-electron chi connectivity index (χ3n) is 3.97. The van der Waals surface area contributed by atoms with Gasteiger partial charge in [-0.15, -0.1) is 11.3 Å². The fraction of sp³-hybridized carbons (Fsp3) is 0.111. The van der Waals surface area contributed by atoms with Crippen LogP contribution in [0, 0.1) is 6.92 Å². The van der Waals surface area contributed by atoms with Gasteiger partial charge in [0.15, 0.2) is 5.13 Å². The van der Waals surface area contributed by atoms with Crippen LogP contribution in [-0.4, -0.2) is 27.0 Å². The van der Waals surface area contributed by atoms with Crippen molar-refractivity contribution in [3.63, 3.8) is 0 Å². The van der Waals surface area contributed by atoms with Gasteiger partial charge in [-0.1, -0.05) is 12.1 Å². The monoisotopic (exact) mass is 381 g/mol. The van der Waals surface area contributed by atoms with Gasteiger partial charge in [0.05, 0.1) is 41.3 Å². The van der Waals surface area contributed by atoms with Crippen molar-refractivity contribution in [3.8, 4) is 0 Å². The lowest BCUT2D eigenvalue weighted by atomic mass is 10.2. The molecule has 27 heavy (non-hydrogen) atoms. The van der Waals surface area contributed by atoms with E-state index in [0.717, 1.165) is 10.9 Å². The molecule has 0 aliphatic carbocycles. The molecule has 0 aliphatic rings. The topological polar surface area (TPSA) is 113 Å². The van der Waals surface area contributed by atoms with E-state index in [2.05, 4.69) is 25.8 Å². The number of nitrogens with zero attached hydrogens (tertiary/aromatic N) is 2. The zero-order valence-corrected chi connectivity index (χ0v) is 15.1. The molecular formula is C18H15N5O3S. The molecule has 1 aromatic carbocycles. The van der Waals surface area contributed by atoms with Crippen LogP contribution in [0.1, 0.15) is 21.8 Å². The van der Waals surface area contributed by atoms with Crippen molar-refractivity contribution in [3.05, 3.63) is 59.1 Å².